The third-order valence-electron chi connectivity index (χ3n) is 4.85. The minimum Gasteiger partial charge on any atom is -0.315 e. The Balaban J connectivity index is 1.81. The molecule has 3 aliphatic rings. The van der Waals surface area contributed by atoms with E-state index >= 15 is 0 Å². The van der Waals surface area contributed by atoms with E-state index in [2.05, 4.69) is 5.32 Å². The van der Waals surface area contributed by atoms with Gasteiger partial charge >= 0.3 is 6.18 Å². The van der Waals surface area contributed by atoms with E-state index in [0.717, 1.165) is 4.31 Å². The fraction of sp³-hybridized carbons (Fsp3) is 1.00. The summed E-state index contributed by atoms with van der Waals surface area (Å²) >= 11 is 0. The van der Waals surface area contributed by atoms with Gasteiger partial charge in [-0.05, 0) is 19.3 Å². The van der Waals surface area contributed by atoms with Gasteiger partial charge in [-0.3, -0.25) is 0 Å². The third-order valence-corrected chi connectivity index (χ3v) is 5.88. The van der Waals surface area contributed by atoms with E-state index in [9.17, 15) is 21.6 Å². The van der Waals surface area contributed by atoms with Gasteiger partial charge < -0.3 is 5.32 Å². The first-order chi connectivity index (χ1) is 8.60. The van der Waals surface area contributed by atoms with Crippen molar-refractivity contribution in [1.82, 2.24) is 9.62 Å². The van der Waals surface area contributed by atoms with Gasteiger partial charge in [0.2, 0.25) is 0 Å². The predicted octanol–water partition coefficient (Wildman–Crippen LogP) is 0.196. The zero-order valence-corrected chi connectivity index (χ0v) is 11.0. The van der Waals surface area contributed by atoms with E-state index in [1.54, 1.807) is 0 Å². The first-order valence-corrected chi connectivity index (χ1v) is 7.67. The minimum atomic E-state index is -4.26. The molecule has 19 heavy (non-hydrogen) atoms. The van der Waals surface area contributed by atoms with Crippen LogP contribution in [0.15, 0.2) is 0 Å². The first kappa shape index (κ1) is 13.6. The lowest BCUT2D eigenvalue weighted by Crippen LogP contribution is -2.78. The molecule has 0 amide bonds. The van der Waals surface area contributed by atoms with Gasteiger partial charge in [0.25, 0.3) is 10.2 Å². The van der Waals surface area contributed by atoms with Crippen molar-refractivity contribution in [3.63, 3.8) is 0 Å². The molecule has 2 aliphatic heterocycles. The Kier molecular flexibility index (Phi) is 2.60. The SMILES string of the molecule is NS(=O)(=O)N1CC2(CNC2)C1CC1(C(F)(F)F)CC1. The highest BCUT2D eigenvalue weighted by Gasteiger charge is 2.69. The van der Waals surface area contributed by atoms with Gasteiger partial charge in [-0.1, -0.05) is 0 Å². The highest BCUT2D eigenvalue weighted by molar-refractivity contribution is 7.86. The van der Waals surface area contributed by atoms with Gasteiger partial charge in [0, 0.05) is 31.1 Å². The van der Waals surface area contributed by atoms with Crippen LogP contribution < -0.4 is 10.5 Å². The summed E-state index contributed by atoms with van der Waals surface area (Å²) in [5.41, 5.74) is -2.03. The quantitative estimate of drug-likeness (QED) is 0.781. The van der Waals surface area contributed by atoms with Gasteiger partial charge in [-0.25, -0.2) is 5.14 Å². The molecule has 5 nitrogen and oxygen atoms in total. The molecule has 1 atom stereocenters. The van der Waals surface area contributed by atoms with Crippen molar-refractivity contribution in [2.24, 2.45) is 16.0 Å². The number of rotatable bonds is 3. The molecular weight excluding hydrogens is 283 g/mol. The van der Waals surface area contributed by atoms with Crippen LogP contribution in [0.5, 0.6) is 0 Å². The number of halogens is 3. The topological polar surface area (TPSA) is 75.4 Å². The van der Waals surface area contributed by atoms with E-state index < -0.39 is 27.8 Å². The zero-order valence-electron chi connectivity index (χ0n) is 10.2. The summed E-state index contributed by atoms with van der Waals surface area (Å²) in [6.07, 6.45) is -4.23. The zero-order chi connectivity index (χ0) is 14.1. The van der Waals surface area contributed by atoms with Crippen molar-refractivity contribution in [2.75, 3.05) is 19.6 Å². The Morgan fingerprint density at radius 3 is 2.21 bits per heavy atom. The monoisotopic (exact) mass is 299 g/mol. The van der Waals surface area contributed by atoms with E-state index in [1.807, 2.05) is 0 Å². The van der Waals surface area contributed by atoms with Crippen LogP contribution in [0, 0.1) is 10.8 Å². The predicted molar refractivity (Wildman–Crippen MR) is 61.2 cm³/mol. The lowest BCUT2D eigenvalue weighted by molar-refractivity contribution is -0.202. The first-order valence-electron chi connectivity index (χ1n) is 6.17. The molecular formula is C10H16F3N3O2S. The molecule has 0 aromatic heterocycles. The fourth-order valence-corrected chi connectivity index (χ4v) is 4.31. The largest absolute Gasteiger partial charge is 0.394 e. The van der Waals surface area contributed by atoms with Crippen molar-refractivity contribution in [3.05, 3.63) is 0 Å². The van der Waals surface area contributed by atoms with Crippen LogP contribution in [0.25, 0.3) is 0 Å². The molecule has 0 aromatic carbocycles. The smallest absolute Gasteiger partial charge is 0.315 e. The number of nitrogens with two attached hydrogens (primary N) is 1. The average molecular weight is 299 g/mol. The van der Waals surface area contributed by atoms with Crippen molar-refractivity contribution in [3.8, 4) is 0 Å². The summed E-state index contributed by atoms with van der Waals surface area (Å²) in [5, 5.41) is 8.08. The Morgan fingerprint density at radius 1 is 1.32 bits per heavy atom. The molecule has 0 aromatic rings. The maximum Gasteiger partial charge on any atom is 0.394 e. The van der Waals surface area contributed by atoms with Gasteiger partial charge in [-0.15, -0.1) is 0 Å². The molecule has 0 bridgehead atoms. The van der Waals surface area contributed by atoms with Gasteiger partial charge in [0.1, 0.15) is 0 Å². The second-order valence-electron chi connectivity index (χ2n) is 6.05. The Labute approximate surface area is 109 Å². The Bertz CT molecular complexity index is 497. The summed E-state index contributed by atoms with van der Waals surface area (Å²) in [7, 11) is -3.91. The normalized spacial score (nSPS) is 32.7. The van der Waals surface area contributed by atoms with Crippen LogP contribution in [0.1, 0.15) is 19.3 Å². The molecule has 110 valence electrons. The number of hydrogen-bond donors (Lipinski definition) is 2. The summed E-state index contributed by atoms with van der Waals surface area (Å²) in [6.45, 7) is 1.37. The summed E-state index contributed by atoms with van der Waals surface area (Å²) in [6, 6.07) is -0.618. The van der Waals surface area contributed by atoms with Crippen LogP contribution in [0.3, 0.4) is 0 Å². The number of alkyl halides is 3. The third kappa shape index (κ3) is 1.90. The van der Waals surface area contributed by atoms with Crippen LogP contribution in [-0.4, -0.2) is 44.6 Å². The highest BCUT2D eigenvalue weighted by atomic mass is 32.2. The van der Waals surface area contributed by atoms with Gasteiger partial charge in [0.15, 0.2) is 0 Å². The molecule has 3 fully saturated rings. The molecule has 0 radical (unpaired) electrons. The molecule has 1 saturated carbocycles. The average Bonchev–Trinajstić information content (AvgIpc) is 2.87. The Morgan fingerprint density at radius 2 is 1.89 bits per heavy atom. The van der Waals surface area contributed by atoms with Crippen molar-refractivity contribution >= 4 is 10.2 Å². The summed E-state index contributed by atoms with van der Waals surface area (Å²) < 4.78 is 62.8. The summed E-state index contributed by atoms with van der Waals surface area (Å²) in [4.78, 5) is 0. The van der Waals surface area contributed by atoms with Crippen LogP contribution in [0.2, 0.25) is 0 Å². The standard InChI is InChI=1S/C10H16F3N3O2S/c11-10(12,13)9(1-2-9)3-7-8(4-15-5-8)6-16(7)19(14,17)18/h7,15H,1-6H2,(H2,14,17,18). The van der Waals surface area contributed by atoms with Crippen molar-refractivity contribution in [2.45, 2.75) is 31.5 Å². The maximum absolute atomic E-state index is 13.0. The molecule has 2 saturated heterocycles. The minimum absolute atomic E-state index is 0.0922. The van der Waals surface area contributed by atoms with Crippen molar-refractivity contribution < 1.29 is 21.6 Å². The maximum atomic E-state index is 13.0. The number of nitrogens with one attached hydrogen (secondary N) is 1. The number of hydrogen-bond acceptors (Lipinski definition) is 3. The second-order valence-corrected chi connectivity index (χ2v) is 7.55. The molecule has 1 spiro atoms. The molecule has 9 heteroatoms. The van der Waals surface area contributed by atoms with Crippen LogP contribution in [-0.2, 0) is 10.2 Å². The second kappa shape index (κ2) is 3.63. The van der Waals surface area contributed by atoms with Crippen molar-refractivity contribution in [1.29, 1.82) is 0 Å². The molecule has 1 aliphatic carbocycles. The lowest BCUT2D eigenvalue weighted by atomic mass is 9.65. The van der Waals surface area contributed by atoms with E-state index in [1.165, 1.54) is 0 Å². The van der Waals surface area contributed by atoms with E-state index in [0.29, 0.717) is 13.1 Å². The molecule has 1 unspecified atom stereocenters. The Hall–Kier alpha value is -0.380. The van der Waals surface area contributed by atoms with Gasteiger partial charge in [0.05, 0.1) is 5.41 Å². The van der Waals surface area contributed by atoms with Crippen LogP contribution >= 0.6 is 0 Å². The summed E-state index contributed by atoms with van der Waals surface area (Å²) in [5.74, 6) is 0. The highest BCUT2D eigenvalue weighted by Crippen LogP contribution is 2.63. The van der Waals surface area contributed by atoms with E-state index in [-0.39, 0.29) is 31.2 Å². The molecule has 3 N–H and O–H groups in total. The molecule has 3 rings (SSSR count). The molecule has 2 heterocycles. The fourth-order valence-electron chi connectivity index (χ4n) is 3.22. The van der Waals surface area contributed by atoms with Gasteiger partial charge in [-0.2, -0.15) is 25.9 Å². The number of nitrogens with zero attached hydrogens (tertiary/aromatic N) is 1. The van der Waals surface area contributed by atoms with Crippen LogP contribution in [0.4, 0.5) is 13.2 Å². The lowest BCUT2D eigenvalue weighted by Gasteiger charge is -2.61. The van der Waals surface area contributed by atoms with E-state index in [4.69, 9.17) is 5.14 Å².